The molecule has 1 N–H and O–H groups in total. The van der Waals surface area contributed by atoms with Crippen molar-refractivity contribution in [1.29, 1.82) is 0 Å². The van der Waals surface area contributed by atoms with Gasteiger partial charge < -0.3 is 15.1 Å². The van der Waals surface area contributed by atoms with Crippen LogP contribution in [0.3, 0.4) is 0 Å². The predicted octanol–water partition coefficient (Wildman–Crippen LogP) is 1.24. The van der Waals surface area contributed by atoms with E-state index < -0.39 is 0 Å². The summed E-state index contributed by atoms with van der Waals surface area (Å²) in [5.41, 5.74) is 1.52. The molecule has 1 fully saturated rings. The first kappa shape index (κ1) is 17.8. The van der Waals surface area contributed by atoms with Crippen molar-refractivity contribution in [3.05, 3.63) is 66.5 Å². The maximum atomic E-state index is 12.7. The van der Waals surface area contributed by atoms with Crippen LogP contribution in [-0.4, -0.2) is 61.9 Å². The highest BCUT2D eigenvalue weighted by atomic mass is 16.2. The van der Waals surface area contributed by atoms with Crippen LogP contribution < -0.4 is 10.2 Å². The van der Waals surface area contributed by atoms with E-state index in [1.807, 2.05) is 12.1 Å². The number of aromatic nitrogens is 5. The number of carbonyl (C=O) groups is 1. The lowest BCUT2D eigenvalue weighted by molar-refractivity contribution is 0.0745. The summed E-state index contributed by atoms with van der Waals surface area (Å²) in [5.74, 6) is 1.11. The molecule has 9 heteroatoms. The lowest BCUT2D eigenvalue weighted by Crippen LogP contribution is -2.49. The molecule has 0 bridgehead atoms. The van der Waals surface area contributed by atoms with Gasteiger partial charge in [0, 0.05) is 69.9 Å². The van der Waals surface area contributed by atoms with Gasteiger partial charge >= 0.3 is 0 Å². The number of carbonyl (C=O) groups excluding carboxylic acids is 1. The third-order valence-electron chi connectivity index (χ3n) is 4.47. The van der Waals surface area contributed by atoms with Crippen molar-refractivity contribution in [2.45, 2.75) is 6.54 Å². The Hall–Kier alpha value is -3.62. The minimum Gasteiger partial charge on any atom is -0.350 e. The van der Waals surface area contributed by atoms with Crippen LogP contribution in [-0.2, 0) is 6.54 Å². The summed E-state index contributed by atoms with van der Waals surface area (Å²) in [6.45, 7) is 3.18. The van der Waals surface area contributed by atoms with E-state index in [1.54, 1.807) is 48.1 Å². The topological polar surface area (TPSA) is 100 Å². The van der Waals surface area contributed by atoms with E-state index in [4.69, 9.17) is 0 Å². The smallest absolute Gasteiger partial charge is 0.257 e. The zero-order valence-electron chi connectivity index (χ0n) is 15.3. The van der Waals surface area contributed by atoms with Crippen molar-refractivity contribution < 1.29 is 4.79 Å². The molecule has 9 nitrogen and oxygen atoms in total. The summed E-state index contributed by atoms with van der Waals surface area (Å²) in [5, 5.41) is 3.12. The van der Waals surface area contributed by atoms with Crippen LogP contribution in [0.5, 0.6) is 0 Å². The van der Waals surface area contributed by atoms with Crippen LogP contribution >= 0.6 is 0 Å². The highest BCUT2D eigenvalue weighted by molar-refractivity contribution is 5.93. The van der Waals surface area contributed by atoms with Crippen molar-refractivity contribution in [1.82, 2.24) is 29.8 Å². The van der Waals surface area contributed by atoms with Gasteiger partial charge in [-0.05, 0) is 17.7 Å². The summed E-state index contributed by atoms with van der Waals surface area (Å²) in [6.07, 6.45) is 10.1. The standard InChI is InChI=1S/C19H20N8O/c28-17(26-7-9-27(10-8-26)19-21-5-2-6-22-19)16-13-24-18(25-14-16)23-12-15-3-1-4-20-11-15/h1-6,11,13-14H,7-10,12H2,(H,23,24,25). The van der Waals surface area contributed by atoms with Crippen LogP contribution in [0.4, 0.5) is 11.9 Å². The molecule has 0 spiro atoms. The fourth-order valence-corrected chi connectivity index (χ4v) is 2.96. The maximum absolute atomic E-state index is 12.7. The molecule has 1 aliphatic rings. The van der Waals surface area contributed by atoms with Gasteiger partial charge in [0.2, 0.25) is 11.9 Å². The number of nitrogens with one attached hydrogen (secondary N) is 1. The predicted molar refractivity (Wildman–Crippen MR) is 104 cm³/mol. The number of anilines is 2. The molecular weight excluding hydrogens is 356 g/mol. The molecule has 3 aromatic rings. The SMILES string of the molecule is O=C(c1cnc(NCc2cccnc2)nc1)N1CCN(c2ncccn2)CC1. The second-order valence-electron chi connectivity index (χ2n) is 6.34. The molecule has 0 unspecified atom stereocenters. The summed E-state index contributed by atoms with van der Waals surface area (Å²) in [7, 11) is 0. The minimum atomic E-state index is -0.0626. The zero-order chi connectivity index (χ0) is 19.2. The molecule has 142 valence electrons. The van der Waals surface area contributed by atoms with Gasteiger partial charge in [0.05, 0.1) is 5.56 Å². The van der Waals surface area contributed by atoms with Gasteiger partial charge in [0.15, 0.2) is 0 Å². The van der Waals surface area contributed by atoms with Crippen molar-refractivity contribution in [2.24, 2.45) is 0 Å². The van der Waals surface area contributed by atoms with Gasteiger partial charge in [-0.3, -0.25) is 9.78 Å². The third kappa shape index (κ3) is 4.20. The van der Waals surface area contributed by atoms with E-state index in [2.05, 4.69) is 35.1 Å². The van der Waals surface area contributed by atoms with Crippen molar-refractivity contribution in [3.63, 3.8) is 0 Å². The number of amides is 1. The molecule has 4 rings (SSSR count). The zero-order valence-corrected chi connectivity index (χ0v) is 15.3. The average molecular weight is 376 g/mol. The summed E-state index contributed by atoms with van der Waals surface area (Å²) < 4.78 is 0. The Balaban J connectivity index is 1.31. The maximum Gasteiger partial charge on any atom is 0.257 e. The fraction of sp³-hybridized carbons (Fsp3) is 0.263. The number of piperazine rings is 1. The Morgan fingerprint density at radius 2 is 1.68 bits per heavy atom. The molecule has 1 saturated heterocycles. The molecule has 28 heavy (non-hydrogen) atoms. The van der Waals surface area contributed by atoms with E-state index in [1.165, 1.54) is 0 Å². The monoisotopic (exact) mass is 376 g/mol. The Kier molecular flexibility index (Phi) is 5.32. The lowest BCUT2D eigenvalue weighted by atomic mass is 10.2. The van der Waals surface area contributed by atoms with Crippen LogP contribution in [0.2, 0.25) is 0 Å². The number of pyridine rings is 1. The fourth-order valence-electron chi connectivity index (χ4n) is 2.96. The van der Waals surface area contributed by atoms with Gasteiger partial charge in [-0.1, -0.05) is 6.07 Å². The van der Waals surface area contributed by atoms with Gasteiger partial charge in [-0.25, -0.2) is 19.9 Å². The number of hydrogen-bond acceptors (Lipinski definition) is 8. The molecule has 0 saturated carbocycles. The highest BCUT2D eigenvalue weighted by Gasteiger charge is 2.23. The van der Waals surface area contributed by atoms with Gasteiger partial charge in [-0.15, -0.1) is 0 Å². The quantitative estimate of drug-likeness (QED) is 0.710. The summed E-state index contributed by atoms with van der Waals surface area (Å²) in [4.78, 5) is 37.7. The van der Waals surface area contributed by atoms with Gasteiger partial charge in [0.25, 0.3) is 5.91 Å². The van der Waals surface area contributed by atoms with E-state index in [0.717, 1.165) is 5.56 Å². The first-order valence-electron chi connectivity index (χ1n) is 9.06. The Labute approximate surface area is 162 Å². The van der Waals surface area contributed by atoms with E-state index in [-0.39, 0.29) is 5.91 Å². The van der Waals surface area contributed by atoms with E-state index in [9.17, 15) is 4.79 Å². The average Bonchev–Trinajstić information content (AvgIpc) is 2.79. The molecule has 4 heterocycles. The van der Waals surface area contributed by atoms with Crippen molar-refractivity contribution >= 4 is 17.8 Å². The molecule has 1 aliphatic heterocycles. The molecule has 0 aromatic carbocycles. The molecular formula is C19H20N8O. The molecule has 1 amide bonds. The third-order valence-corrected chi connectivity index (χ3v) is 4.47. The Bertz CT molecular complexity index is 896. The second-order valence-corrected chi connectivity index (χ2v) is 6.34. The summed E-state index contributed by atoms with van der Waals surface area (Å²) in [6, 6.07) is 5.64. The minimum absolute atomic E-state index is 0.0626. The Morgan fingerprint density at radius 1 is 0.929 bits per heavy atom. The normalized spacial score (nSPS) is 14.0. The molecule has 0 atom stereocenters. The van der Waals surface area contributed by atoms with Crippen LogP contribution in [0.1, 0.15) is 15.9 Å². The highest BCUT2D eigenvalue weighted by Crippen LogP contribution is 2.12. The van der Waals surface area contributed by atoms with Crippen LogP contribution in [0, 0.1) is 0 Å². The second kappa shape index (κ2) is 8.38. The van der Waals surface area contributed by atoms with Crippen molar-refractivity contribution in [3.8, 4) is 0 Å². The molecule has 0 aliphatic carbocycles. The first-order valence-corrected chi connectivity index (χ1v) is 9.06. The largest absolute Gasteiger partial charge is 0.350 e. The number of nitrogens with zero attached hydrogens (tertiary/aromatic N) is 7. The van der Waals surface area contributed by atoms with E-state index >= 15 is 0 Å². The molecule has 3 aromatic heterocycles. The first-order chi connectivity index (χ1) is 13.8. The summed E-state index contributed by atoms with van der Waals surface area (Å²) >= 11 is 0. The number of rotatable bonds is 5. The lowest BCUT2D eigenvalue weighted by Gasteiger charge is -2.34. The number of hydrogen-bond donors (Lipinski definition) is 1. The molecule has 0 radical (unpaired) electrons. The van der Waals surface area contributed by atoms with Gasteiger partial charge in [-0.2, -0.15) is 0 Å². The van der Waals surface area contributed by atoms with Crippen LogP contribution in [0.25, 0.3) is 0 Å². The van der Waals surface area contributed by atoms with Crippen molar-refractivity contribution in [2.75, 3.05) is 36.4 Å². The van der Waals surface area contributed by atoms with E-state index in [0.29, 0.717) is 50.2 Å². The Morgan fingerprint density at radius 3 is 2.36 bits per heavy atom. The van der Waals surface area contributed by atoms with Crippen LogP contribution in [0.15, 0.2) is 55.4 Å². The van der Waals surface area contributed by atoms with Gasteiger partial charge in [0.1, 0.15) is 0 Å².